The van der Waals surface area contributed by atoms with E-state index in [0.717, 1.165) is 79.7 Å². The second kappa shape index (κ2) is 18.3. The number of fused-ring (bicyclic) bond motifs is 1. The number of nitrogens with one attached hydrogen (secondary N) is 4. The topological polar surface area (TPSA) is 193 Å². The summed E-state index contributed by atoms with van der Waals surface area (Å²) in [6, 6.07) is 6.18. The lowest BCUT2D eigenvalue weighted by Gasteiger charge is -2.30. The Morgan fingerprint density at radius 2 is 1.14 bits per heavy atom. The first-order valence-corrected chi connectivity index (χ1v) is 21.1. The van der Waals surface area contributed by atoms with Crippen LogP contribution < -0.4 is 10.6 Å². The predicted molar refractivity (Wildman–Crippen MR) is 221 cm³/mol. The van der Waals surface area contributed by atoms with Gasteiger partial charge in [0.25, 0.3) is 0 Å². The summed E-state index contributed by atoms with van der Waals surface area (Å²) >= 11 is 1.77. The van der Waals surface area contributed by atoms with E-state index in [1.54, 1.807) is 41.2 Å². The minimum absolute atomic E-state index is 0.234. The third-order valence-electron chi connectivity index (χ3n) is 11.9. The summed E-state index contributed by atoms with van der Waals surface area (Å²) in [7, 11) is 5.54. The quantitative estimate of drug-likeness (QED) is 0.126. The standard InChI is InChI=1S/C42H54N8O8S/c1-23(55-3)33(47-41(53)57-5)39(51)49-19-9-13-31(49)37-43-21-29(45-37)25-15-17-26(18-16-25)35-27-11-7-8-12-28(27)36(59-35)30-22-44-38(46-30)32-14-10-20-50(32)40(52)34(24(2)56-4)48-42(54)58-6/h15-18,21-24,31-34H,7-14,19-20H2,1-6H3,(H,43,45)(H,44,46)(H,47,53)(H,48,54)/t23-,24-,31+,32+,33+,34+/m1/s1. The van der Waals surface area contributed by atoms with Crippen LogP contribution in [0.15, 0.2) is 36.7 Å². The molecule has 4 aromatic rings. The van der Waals surface area contributed by atoms with Gasteiger partial charge in [-0.1, -0.05) is 24.3 Å². The number of nitrogens with zero attached hydrogens (tertiary/aromatic N) is 4. The van der Waals surface area contributed by atoms with Crippen LogP contribution in [0.2, 0.25) is 0 Å². The zero-order chi connectivity index (χ0) is 41.8. The minimum Gasteiger partial charge on any atom is -0.453 e. The van der Waals surface area contributed by atoms with Gasteiger partial charge in [-0.05, 0) is 87.5 Å². The van der Waals surface area contributed by atoms with Crippen molar-refractivity contribution in [1.82, 2.24) is 40.4 Å². The number of amides is 4. The molecule has 17 heteroatoms. The fourth-order valence-electron chi connectivity index (χ4n) is 8.55. The van der Waals surface area contributed by atoms with Gasteiger partial charge in [0.2, 0.25) is 11.8 Å². The molecule has 2 fully saturated rings. The highest BCUT2D eigenvalue weighted by molar-refractivity contribution is 7.19. The van der Waals surface area contributed by atoms with Crippen LogP contribution in [0.5, 0.6) is 0 Å². The molecular formula is C42H54N8O8S. The Balaban J connectivity index is 1.09. The molecule has 316 valence electrons. The molecule has 3 aliphatic rings. The maximum absolute atomic E-state index is 13.8. The number of rotatable bonds is 13. The van der Waals surface area contributed by atoms with Crippen molar-refractivity contribution in [2.75, 3.05) is 41.5 Å². The molecule has 4 amide bonds. The lowest BCUT2D eigenvalue weighted by molar-refractivity contribution is -0.138. The number of alkyl carbamates (subject to hydrolysis) is 2. The smallest absolute Gasteiger partial charge is 0.407 e. The molecule has 2 saturated heterocycles. The molecule has 1 aliphatic carbocycles. The highest BCUT2D eigenvalue weighted by atomic mass is 32.1. The number of carbonyl (C=O) groups excluding carboxylic acids is 4. The van der Waals surface area contributed by atoms with E-state index in [0.29, 0.717) is 18.9 Å². The van der Waals surface area contributed by atoms with Crippen LogP contribution in [-0.2, 0) is 41.4 Å². The molecule has 0 saturated carbocycles. The number of aromatic nitrogens is 4. The Morgan fingerprint density at radius 3 is 1.63 bits per heavy atom. The van der Waals surface area contributed by atoms with Crippen LogP contribution in [0.4, 0.5) is 9.59 Å². The number of aromatic amines is 2. The van der Waals surface area contributed by atoms with E-state index in [1.807, 2.05) is 6.20 Å². The normalized spacial score (nSPS) is 19.8. The van der Waals surface area contributed by atoms with Crippen molar-refractivity contribution in [3.8, 4) is 32.3 Å². The van der Waals surface area contributed by atoms with Crippen LogP contribution in [0.1, 0.15) is 87.2 Å². The summed E-state index contributed by atoms with van der Waals surface area (Å²) in [5, 5.41) is 5.29. The van der Waals surface area contributed by atoms with Gasteiger partial charge in [-0.3, -0.25) is 9.59 Å². The molecule has 16 nitrogen and oxygen atoms in total. The van der Waals surface area contributed by atoms with E-state index in [4.69, 9.17) is 28.9 Å². The van der Waals surface area contributed by atoms with Gasteiger partial charge in [0.1, 0.15) is 23.7 Å². The maximum atomic E-state index is 13.8. The molecule has 3 aromatic heterocycles. The highest BCUT2D eigenvalue weighted by Gasteiger charge is 2.40. The maximum Gasteiger partial charge on any atom is 0.407 e. The van der Waals surface area contributed by atoms with Crippen molar-refractivity contribution < 1.29 is 38.1 Å². The Morgan fingerprint density at radius 1 is 0.678 bits per heavy atom. The average Bonchev–Trinajstić information content (AvgIpc) is 4.12. The predicted octanol–water partition coefficient (Wildman–Crippen LogP) is 5.92. The molecule has 59 heavy (non-hydrogen) atoms. The van der Waals surface area contributed by atoms with E-state index < -0.39 is 36.5 Å². The summed E-state index contributed by atoms with van der Waals surface area (Å²) in [6.07, 6.45) is 8.55. The van der Waals surface area contributed by atoms with E-state index in [9.17, 15) is 19.2 Å². The molecule has 4 N–H and O–H groups in total. The molecule has 1 aromatic carbocycles. The van der Waals surface area contributed by atoms with Crippen molar-refractivity contribution in [3.05, 3.63) is 59.4 Å². The molecular weight excluding hydrogens is 777 g/mol. The number of methoxy groups -OCH3 is 4. The van der Waals surface area contributed by atoms with Crippen LogP contribution in [0, 0.1) is 0 Å². The molecule has 0 unspecified atom stereocenters. The number of ether oxygens (including phenoxy) is 4. The van der Waals surface area contributed by atoms with Crippen molar-refractivity contribution in [2.45, 2.75) is 102 Å². The Kier molecular flexibility index (Phi) is 13.0. The van der Waals surface area contributed by atoms with Gasteiger partial charge in [-0.2, -0.15) is 0 Å². The van der Waals surface area contributed by atoms with Gasteiger partial charge in [-0.25, -0.2) is 19.6 Å². The molecule has 2 aliphatic heterocycles. The number of benzene rings is 1. The number of H-pyrrole nitrogens is 2. The second-order valence-electron chi connectivity index (χ2n) is 15.4. The fraction of sp³-hybridized carbons (Fsp3) is 0.524. The van der Waals surface area contributed by atoms with E-state index in [1.165, 1.54) is 49.3 Å². The summed E-state index contributed by atoms with van der Waals surface area (Å²) < 4.78 is 20.4. The van der Waals surface area contributed by atoms with Crippen molar-refractivity contribution >= 4 is 35.3 Å². The van der Waals surface area contributed by atoms with Crippen LogP contribution >= 0.6 is 11.3 Å². The van der Waals surface area contributed by atoms with Gasteiger partial charge >= 0.3 is 12.2 Å². The zero-order valence-corrected chi connectivity index (χ0v) is 35.3. The first-order valence-electron chi connectivity index (χ1n) is 20.3. The van der Waals surface area contributed by atoms with Crippen LogP contribution in [0.25, 0.3) is 32.3 Å². The SMILES string of the molecule is COC(=O)N[C@H](C(=O)N1CCC[C@H]1c1ncc(-c2ccc(-c3sc(-c4cnc([C@@H]5CCCN5C(=O)[C@@H](NC(=O)OC)[C@@H](C)OC)[nH]4)c4c3CCCC4)cc2)[nH]1)[C@@H](C)OC. The van der Waals surface area contributed by atoms with Gasteiger partial charge in [0, 0.05) is 32.2 Å². The molecule has 5 heterocycles. The summed E-state index contributed by atoms with van der Waals surface area (Å²) in [4.78, 5) is 74.3. The van der Waals surface area contributed by atoms with Crippen LogP contribution in [0.3, 0.4) is 0 Å². The van der Waals surface area contributed by atoms with Crippen molar-refractivity contribution in [2.24, 2.45) is 0 Å². The largest absolute Gasteiger partial charge is 0.453 e. The number of hydrogen-bond donors (Lipinski definition) is 4. The zero-order valence-electron chi connectivity index (χ0n) is 34.5. The third kappa shape index (κ3) is 8.59. The lowest BCUT2D eigenvalue weighted by atomic mass is 9.90. The average molecular weight is 831 g/mol. The van der Waals surface area contributed by atoms with E-state index >= 15 is 0 Å². The number of hydrogen-bond acceptors (Lipinski definition) is 11. The Labute approximate surface area is 347 Å². The number of likely N-dealkylation sites (tertiary alicyclic amines) is 2. The van der Waals surface area contributed by atoms with E-state index in [2.05, 4.69) is 44.9 Å². The van der Waals surface area contributed by atoms with Gasteiger partial charge in [0.15, 0.2) is 0 Å². The third-order valence-corrected chi connectivity index (χ3v) is 13.3. The molecule has 0 radical (unpaired) electrons. The summed E-state index contributed by atoms with van der Waals surface area (Å²) in [5.41, 5.74) is 6.63. The first kappa shape index (κ1) is 41.9. The Hall–Kier alpha value is -5.26. The molecule has 0 bridgehead atoms. The Bertz CT molecular complexity index is 2130. The molecule has 0 spiro atoms. The number of thiophene rings is 1. The fourth-order valence-corrected chi connectivity index (χ4v) is 9.92. The second-order valence-corrected chi connectivity index (χ2v) is 16.4. The number of imidazole rings is 2. The first-order chi connectivity index (χ1) is 28.6. The summed E-state index contributed by atoms with van der Waals surface area (Å²) in [6.45, 7) is 4.58. The highest BCUT2D eigenvalue weighted by Crippen LogP contribution is 2.46. The van der Waals surface area contributed by atoms with Gasteiger partial charge in [0.05, 0.1) is 67.2 Å². The minimum atomic E-state index is -0.899. The van der Waals surface area contributed by atoms with Gasteiger partial charge in [-0.15, -0.1) is 11.3 Å². The van der Waals surface area contributed by atoms with E-state index in [-0.39, 0.29) is 23.9 Å². The van der Waals surface area contributed by atoms with Crippen LogP contribution in [-0.4, -0.2) is 120 Å². The molecule has 6 atom stereocenters. The monoisotopic (exact) mass is 830 g/mol. The number of carbonyl (C=O) groups is 4. The molecule has 7 rings (SSSR count). The van der Waals surface area contributed by atoms with Gasteiger partial charge < -0.3 is 49.3 Å². The van der Waals surface area contributed by atoms with Crippen molar-refractivity contribution in [1.29, 1.82) is 0 Å². The summed E-state index contributed by atoms with van der Waals surface area (Å²) in [5.74, 6) is 0.941. The van der Waals surface area contributed by atoms with Crippen molar-refractivity contribution in [3.63, 3.8) is 0 Å². The lowest BCUT2D eigenvalue weighted by Crippen LogP contribution is -2.54.